The number of fused-ring (bicyclic) bond motifs is 1. The molecule has 10 nitrogen and oxygen atoms in total. The summed E-state index contributed by atoms with van der Waals surface area (Å²) < 4.78 is 65.9. The van der Waals surface area contributed by atoms with Crippen LogP contribution in [-0.4, -0.2) is 78.4 Å². The second kappa shape index (κ2) is 12.1. The lowest BCUT2D eigenvalue weighted by Crippen LogP contribution is -2.59. The van der Waals surface area contributed by atoms with Crippen LogP contribution in [0.5, 0.6) is 5.75 Å². The molecule has 0 amide bonds. The Morgan fingerprint density at radius 3 is 2.46 bits per heavy atom. The van der Waals surface area contributed by atoms with Crippen molar-refractivity contribution in [2.75, 3.05) is 20.8 Å². The average molecular weight is 577 g/mol. The maximum atomic E-state index is 12.4. The van der Waals surface area contributed by atoms with Gasteiger partial charge in [-0.2, -0.15) is 0 Å². The number of hydrogen-bond acceptors (Lipinski definition) is 9. The lowest BCUT2D eigenvalue weighted by Gasteiger charge is -2.42. The van der Waals surface area contributed by atoms with Crippen molar-refractivity contribution in [1.82, 2.24) is 14.8 Å². The van der Waals surface area contributed by atoms with Crippen LogP contribution in [0.3, 0.4) is 0 Å². The zero-order valence-electron chi connectivity index (χ0n) is 23.0. The number of rotatable bonds is 9. The predicted molar refractivity (Wildman–Crippen MR) is 141 cm³/mol. The van der Waals surface area contributed by atoms with Gasteiger partial charge in [-0.1, -0.05) is 17.3 Å². The van der Waals surface area contributed by atoms with E-state index in [1.807, 2.05) is 32.0 Å². The Bertz CT molecular complexity index is 1360. The molecule has 5 atom stereocenters. The van der Waals surface area contributed by atoms with E-state index in [0.717, 1.165) is 28.8 Å². The number of aryl methyl sites for hydroxylation is 1. The van der Waals surface area contributed by atoms with Crippen LogP contribution in [0.2, 0.25) is 0 Å². The number of ether oxygens (including phenoxy) is 5. The molecule has 0 unspecified atom stereocenters. The molecular weight excluding hydrogens is 545 g/mol. The molecule has 2 aromatic carbocycles. The summed E-state index contributed by atoms with van der Waals surface area (Å²) in [6.45, 7) is 4.30. The minimum absolute atomic E-state index is 0.287. The first kappa shape index (κ1) is 29.0. The van der Waals surface area contributed by atoms with Crippen LogP contribution in [0, 0.1) is 0 Å². The van der Waals surface area contributed by atoms with E-state index in [1.54, 1.807) is 14.2 Å². The fraction of sp³-hybridized carbons (Fsp3) is 0.464. The van der Waals surface area contributed by atoms with Crippen molar-refractivity contribution >= 4 is 5.71 Å². The summed E-state index contributed by atoms with van der Waals surface area (Å²) in [4.78, 5) is 10.3. The van der Waals surface area contributed by atoms with Gasteiger partial charge in [0.25, 0.3) is 6.29 Å². The molecule has 1 fully saturated rings. The molecule has 220 valence electrons. The largest absolute Gasteiger partial charge is 0.573 e. The summed E-state index contributed by atoms with van der Waals surface area (Å²) in [5, 5.41) is 8.93. The molecule has 1 aliphatic carbocycles. The molecule has 2 aliphatic rings. The summed E-state index contributed by atoms with van der Waals surface area (Å²) in [5.41, 5.74) is 4.17. The molecular formula is C28H31F3N4O6. The highest BCUT2D eigenvalue weighted by atomic mass is 19.4. The third-order valence-corrected chi connectivity index (χ3v) is 7.03. The van der Waals surface area contributed by atoms with Crippen molar-refractivity contribution in [2.24, 2.45) is 5.16 Å². The van der Waals surface area contributed by atoms with Crippen LogP contribution in [0.1, 0.15) is 31.4 Å². The summed E-state index contributed by atoms with van der Waals surface area (Å²) >= 11 is 0. The first-order chi connectivity index (χ1) is 19.7. The molecule has 0 saturated carbocycles. The highest BCUT2D eigenvalue weighted by Gasteiger charge is 2.47. The maximum absolute atomic E-state index is 12.4. The van der Waals surface area contributed by atoms with Gasteiger partial charge in [-0.25, -0.2) is 9.67 Å². The Labute approximate surface area is 234 Å². The molecule has 0 spiro atoms. The number of aromatic nitrogens is 3. The zero-order valence-corrected chi connectivity index (χ0v) is 23.0. The molecule has 5 rings (SSSR count). The van der Waals surface area contributed by atoms with Crippen LogP contribution in [0.25, 0.3) is 17.1 Å². The minimum Gasteiger partial charge on any atom is -0.406 e. The molecule has 1 aromatic heterocycles. The summed E-state index contributed by atoms with van der Waals surface area (Å²) in [6.07, 6.45) is -4.07. The number of nitrogens with zero attached hydrogens (tertiary/aromatic N) is 4. The highest BCUT2D eigenvalue weighted by Crippen LogP contribution is 2.31. The lowest BCUT2D eigenvalue weighted by atomic mass is 9.99. The van der Waals surface area contributed by atoms with E-state index in [4.69, 9.17) is 23.8 Å². The van der Waals surface area contributed by atoms with E-state index in [0.29, 0.717) is 24.5 Å². The molecule has 3 aromatic rings. The lowest BCUT2D eigenvalue weighted by molar-refractivity contribution is -0.308. The van der Waals surface area contributed by atoms with E-state index in [2.05, 4.69) is 20.0 Å². The quantitative estimate of drug-likeness (QED) is 0.339. The Morgan fingerprint density at radius 1 is 1.02 bits per heavy atom. The monoisotopic (exact) mass is 576 g/mol. The molecule has 0 N–H and O–H groups in total. The van der Waals surface area contributed by atoms with E-state index in [1.165, 1.54) is 35.3 Å². The van der Waals surface area contributed by atoms with E-state index in [-0.39, 0.29) is 24.1 Å². The van der Waals surface area contributed by atoms with Crippen LogP contribution < -0.4 is 4.74 Å². The van der Waals surface area contributed by atoms with Crippen LogP contribution in [-0.2, 0) is 30.2 Å². The van der Waals surface area contributed by atoms with Gasteiger partial charge in [-0.3, -0.25) is 0 Å². The maximum Gasteiger partial charge on any atom is 0.573 e. The van der Waals surface area contributed by atoms with Crippen molar-refractivity contribution in [3.05, 3.63) is 59.9 Å². The van der Waals surface area contributed by atoms with Crippen LogP contribution in [0.4, 0.5) is 13.2 Å². The van der Waals surface area contributed by atoms with Crippen molar-refractivity contribution in [1.29, 1.82) is 0 Å². The molecule has 41 heavy (non-hydrogen) atoms. The van der Waals surface area contributed by atoms with E-state index >= 15 is 0 Å². The Balaban J connectivity index is 1.29. The van der Waals surface area contributed by atoms with E-state index < -0.39 is 18.8 Å². The van der Waals surface area contributed by atoms with Gasteiger partial charge in [0.05, 0.1) is 17.5 Å². The smallest absolute Gasteiger partial charge is 0.406 e. The first-order valence-electron chi connectivity index (χ1n) is 13.2. The van der Waals surface area contributed by atoms with Crippen LogP contribution >= 0.6 is 0 Å². The highest BCUT2D eigenvalue weighted by molar-refractivity contribution is 6.04. The Morgan fingerprint density at radius 2 is 1.78 bits per heavy atom. The topological polar surface area (TPSA) is 98.5 Å². The Kier molecular flexibility index (Phi) is 8.59. The summed E-state index contributed by atoms with van der Waals surface area (Å²) in [6, 6.07) is 11.2. The molecule has 1 saturated heterocycles. The fourth-order valence-electron chi connectivity index (χ4n) is 5.15. The van der Waals surface area contributed by atoms with Gasteiger partial charge in [0.15, 0.2) is 11.9 Å². The average Bonchev–Trinajstić information content (AvgIpc) is 3.59. The standard InChI is InChI=1S/C28H31F3N4O6/c1-5-38-24-23(36-3)16(2)39-27(25(24)37-4)41-34-22-13-7-17-14-18(6-12-21(17)22)26-32-15-35(33-26)19-8-10-20(11-9-19)40-28(29,30)31/h6,8-12,14-16,23-25,27H,5,7,13H2,1-4H3/b34-22+/t16-,23-,24+,25+,27-/m0/s1. The van der Waals surface area contributed by atoms with Gasteiger partial charge < -0.3 is 28.5 Å². The van der Waals surface area contributed by atoms with Crippen molar-refractivity contribution in [3.63, 3.8) is 0 Å². The number of halogens is 3. The van der Waals surface area contributed by atoms with Crippen molar-refractivity contribution in [2.45, 2.75) is 63.8 Å². The minimum atomic E-state index is -4.75. The van der Waals surface area contributed by atoms with Gasteiger partial charge in [-0.15, -0.1) is 18.3 Å². The van der Waals surface area contributed by atoms with Crippen molar-refractivity contribution in [3.8, 4) is 22.8 Å². The third kappa shape index (κ3) is 6.38. The van der Waals surface area contributed by atoms with Crippen LogP contribution in [0.15, 0.2) is 53.9 Å². The van der Waals surface area contributed by atoms with Gasteiger partial charge in [0.1, 0.15) is 24.3 Å². The fourth-order valence-corrected chi connectivity index (χ4v) is 5.15. The first-order valence-corrected chi connectivity index (χ1v) is 13.2. The predicted octanol–water partition coefficient (Wildman–Crippen LogP) is 4.68. The number of benzene rings is 2. The van der Waals surface area contributed by atoms with Gasteiger partial charge in [-0.05, 0) is 62.6 Å². The second-order valence-corrected chi connectivity index (χ2v) is 9.60. The number of alkyl halides is 3. The zero-order chi connectivity index (χ0) is 29.1. The molecule has 2 heterocycles. The molecule has 0 radical (unpaired) electrons. The summed E-state index contributed by atoms with van der Waals surface area (Å²) in [5.74, 6) is 0.171. The Hall–Kier alpha value is -3.52. The third-order valence-electron chi connectivity index (χ3n) is 7.03. The molecule has 0 bridgehead atoms. The normalized spacial score (nSPS) is 25.3. The molecule has 13 heteroatoms. The second-order valence-electron chi connectivity index (χ2n) is 9.60. The number of oxime groups is 1. The van der Waals surface area contributed by atoms with Gasteiger partial charge >= 0.3 is 6.36 Å². The van der Waals surface area contributed by atoms with Gasteiger partial charge in [0, 0.05) is 32.0 Å². The SMILES string of the molecule is CCO[C@@H]1[C@@H](OC)[C@H](C)O[C@@H](O/N=C2\CCc3cc(-c4ncn(-c5ccc(OC(F)(F)F)cc5)n4)ccc32)[C@@H]1OC. The van der Waals surface area contributed by atoms with E-state index in [9.17, 15) is 13.2 Å². The summed E-state index contributed by atoms with van der Waals surface area (Å²) in [7, 11) is 3.19. The molecule has 1 aliphatic heterocycles. The van der Waals surface area contributed by atoms with Gasteiger partial charge in [0.2, 0.25) is 0 Å². The number of methoxy groups -OCH3 is 2. The number of hydrogen-bond donors (Lipinski definition) is 0. The van der Waals surface area contributed by atoms with Crippen molar-refractivity contribution < 1.29 is 41.7 Å².